The Bertz CT molecular complexity index is 542. The highest BCUT2D eigenvalue weighted by atomic mass is 127. The lowest BCUT2D eigenvalue weighted by atomic mass is 9.99. The lowest BCUT2D eigenvalue weighted by Gasteiger charge is -2.18. The molecule has 1 nitrogen and oxygen atoms in total. The first kappa shape index (κ1) is 16.0. The van der Waals surface area contributed by atoms with Gasteiger partial charge < -0.3 is 5.32 Å². The molecule has 1 atom stereocenters. The standard InChI is InChI=1S/C17H19BrIN/c1-20-17(15-12-14(19)10-11-16(15)18)9-5-8-13-6-3-2-4-7-13/h2-4,6-7,10-12,17,20H,5,8-9H2,1H3. The number of benzene rings is 2. The van der Waals surface area contributed by atoms with Gasteiger partial charge in [-0.05, 0) is 78.2 Å². The summed E-state index contributed by atoms with van der Waals surface area (Å²) < 4.78 is 2.47. The molecule has 0 radical (unpaired) electrons. The highest BCUT2D eigenvalue weighted by Gasteiger charge is 2.12. The fraction of sp³-hybridized carbons (Fsp3) is 0.294. The average Bonchev–Trinajstić information content (AvgIpc) is 2.48. The lowest BCUT2D eigenvalue weighted by molar-refractivity contribution is 0.525. The van der Waals surface area contributed by atoms with E-state index in [4.69, 9.17) is 0 Å². The smallest absolute Gasteiger partial charge is 0.0329 e. The predicted octanol–water partition coefficient (Wildman–Crippen LogP) is 5.34. The molecule has 0 aromatic heterocycles. The number of halogens is 2. The zero-order valence-electron chi connectivity index (χ0n) is 11.6. The van der Waals surface area contributed by atoms with Gasteiger partial charge in [0.2, 0.25) is 0 Å². The third-order valence-electron chi connectivity index (χ3n) is 3.48. The summed E-state index contributed by atoms with van der Waals surface area (Å²) >= 11 is 6.04. The Hall–Kier alpha value is -0.390. The van der Waals surface area contributed by atoms with Crippen molar-refractivity contribution >= 4 is 38.5 Å². The first-order valence-electron chi connectivity index (χ1n) is 6.87. The maximum atomic E-state index is 3.67. The van der Waals surface area contributed by atoms with Crippen molar-refractivity contribution in [1.82, 2.24) is 5.32 Å². The Morgan fingerprint density at radius 3 is 2.60 bits per heavy atom. The van der Waals surface area contributed by atoms with Gasteiger partial charge in [0.15, 0.2) is 0 Å². The molecule has 0 aliphatic heterocycles. The van der Waals surface area contributed by atoms with Crippen LogP contribution in [0.4, 0.5) is 0 Å². The fourth-order valence-corrected chi connectivity index (χ4v) is 3.43. The van der Waals surface area contributed by atoms with E-state index in [0.29, 0.717) is 6.04 Å². The summed E-state index contributed by atoms with van der Waals surface area (Å²) in [4.78, 5) is 0. The van der Waals surface area contributed by atoms with E-state index in [1.165, 1.54) is 25.6 Å². The van der Waals surface area contributed by atoms with Crippen LogP contribution in [-0.2, 0) is 6.42 Å². The summed E-state index contributed by atoms with van der Waals surface area (Å²) in [6.45, 7) is 0. The highest BCUT2D eigenvalue weighted by Crippen LogP contribution is 2.28. The average molecular weight is 444 g/mol. The minimum absolute atomic E-state index is 0.405. The van der Waals surface area contributed by atoms with Crippen LogP contribution < -0.4 is 5.32 Å². The van der Waals surface area contributed by atoms with Crippen LogP contribution >= 0.6 is 38.5 Å². The van der Waals surface area contributed by atoms with Crippen LogP contribution in [0.3, 0.4) is 0 Å². The third kappa shape index (κ3) is 4.57. The van der Waals surface area contributed by atoms with Gasteiger partial charge in [0.05, 0.1) is 0 Å². The van der Waals surface area contributed by atoms with Crippen LogP contribution in [-0.4, -0.2) is 7.05 Å². The van der Waals surface area contributed by atoms with Crippen LogP contribution in [0.15, 0.2) is 53.0 Å². The molecule has 0 saturated heterocycles. The third-order valence-corrected chi connectivity index (χ3v) is 4.88. The van der Waals surface area contributed by atoms with Gasteiger partial charge in [-0.15, -0.1) is 0 Å². The maximum absolute atomic E-state index is 3.67. The van der Waals surface area contributed by atoms with Crippen molar-refractivity contribution in [3.63, 3.8) is 0 Å². The maximum Gasteiger partial charge on any atom is 0.0329 e. The number of hydrogen-bond acceptors (Lipinski definition) is 1. The quantitative estimate of drug-likeness (QED) is 0.594. The summed E-state index contributed by atoms with van der Waals surface area (Å²) in [7, 11) is 2.04. The molecule has 2 aromatic rings. The van der Waals surface area contributed by atoms with Gasteiger partial charge in [0.1, 0.15) is 0 Å². The SMILES string of the molecule is CNC(CCCc1ccccc1)c1cc(I)ccc1Br. The molecule has 0 saturated carbocycles. The molecule has 0 bridgehead atoms. The summed E-state index contributed by atoms with van der Waals surface area (Å²) in [5.74, 6) is 0. The second-order valence-corrected chi connectivity index (χ2v) is 6.98. The van der Waals surface area contributed by atoms with Gasteiger partial charge in [-0.1, -0.05) is 46.3 Å². The van der Waals surface area contributed by atoms with Gasteiger partial charge >= 0.3 is 0 Å². The molecular formula is C17H19BrIN. The molecule has 2 aromatic carbocycles. The van der Waals surface area contributed by atoms with E-state index < -0.39 is 0 Å². The molecule has 1 unspecified atom stereocenters. The van der Waals surface area contributed by atoms with E-state index in [1.54, 1.807) is 0 Å². The van der Waals surface area contributed by atoms with Gasteiger partial charge in [0, 0.05) is 14.1 Å². The number of aryl methyl sites for hydroxylation is 1. The Labute approximate surface area is 143 Å². The van der Waals surface area contributed by atoms with Crippen molar-refractivity contribution in [3.05, 3.63) is 67.7 Å². The van der Waals surface area contributed by atoms with Crippen LogP contribution in [0.25, 0.3) is 0 Å². The minimum Gasteiger partial charge on any atom is -0.313 e. The molecule has 106 valence electrons. The van der Waals surface area contributed by atoms with E-state index in [1.807, 2.05) is 7.05 Å². The molecule has 0 aliphatic rings. The molecule has 20 heavy (non-hydrogen) atoms. The molecule has 0 aliphatic carbocycles. The highest BCUT2D eigenvalue weighted by molar-refractivity contribution is 14.1. The predicted molar refractivity (Wildman–Crippen MR) is 98.0 cm³/mol. The van der Waals surface area contributed by atoms with E-state index in [2.05, 4.69) is 92.4 Å². The van der Waals surface area contributed by atoms with E-state index in [-0.39, 0.29) is 0 Å². The first-order valence-corrected chi connectivity index (χ1v) is 8.74. The van der Waals surface area contributed by atoms with Crippen molar-refractivity contribution in [2.45, 2.75) is 25.3 Å². The Kier molecular flexibility index (Phi) is 6.52. The zero-order chi connectivity index (χ0) is 14.4. The largest absolute Gasteiger partial charge is 0.313 e. The molecule has 1 N–H and O–H groups in total. The van der Waals surface area contributed by atoms with E-state index >= 15 is 0 Å². The van der Waals surface area contributed by atoms with Gasteiger partial charge in [-0.3, -0.25) is 0 Å². The summed E-state index contributed by atoms with van der Waals surface area (Å²) in [6.07, 6.45) is 3.47. The van der Waals surface area contributed by atoms with Gasteiger partial charge in [0.25, 0.3) is 0 Å². The molecule has 0 heterocycles. The number of nitrogens with one attached hydrogen (secondary N) is 1. The monoisotopic (exact) mass is 443 g/mol. The van der Waals surface area contributed by atoms with Crippen LogP contribution in [0.5, 0.6) is 0 Å². The topological polar surface area (TPSA) is 12.0 Å². The first-order chi connectivity index (χ1) is 9.70. The van der Waals surface area contributed by atoms with Crippen LogP contribution in [0.2, 0.25) is 0 Å². The fourth-order valence-electron chi connectivity index (χ4n) is 2.39. The summed E-state index contributed by atoms with van der Waals surface area (Å²) in [5, 5.41) is 3.44. The summed E-state index contributed by atoms with van der Waals surface area (Å²) in [6, 6.07) is 17.6. The normalized spacial score (nSPS) is 12.3. The second-order valence-electron chi connectivity index (χ2n) is 4.88. The van der Waals surface area contributed by atoms with Crippen LogP contribution in [0.1, 0.15) is 30.0 Å². The Morgan fingerprint density at radius 1 is 1.15 bits per heavy atom. The molecule has 0 spiro atoms. The zero-order valence-corrected chi connectivity index (χ0v) is 15.3. The van der Waals surface area contributed by atoms with E-state index in [0.717, 1.165) is 12.8 Å². The van der Waals surface area contributed by atoms with Crippen molar-refractivity contribution in [3.8, 4) is 0 Å². The van der Waals surface area contributed by atoms with Crippen molar-refractivity contribution in [1.29, 1.82) is 0 Å². The van der Waals surface area contributed by atoms with Crippen molar-refractivity contribution in [2.75, 3.05) is 7.05 Å². The van der Waals surface area contributed by atoms with Crippen molar-refractivity contribution < 1.29 is 0 Å². The van der Waals surface area contributed by atoms with Crippen molar-refractivity contribution in [2.24, 2.45) is 0 Å². The lowest BCUT2D eigenvalue weighted by Crippen LogP contribution is -2.17. The summed E-state index contributed by atoms with van der Waals surface area (Å²) in [5.41, 5.74) is 2.77. The van der Waals surface area contributed by atoms with Crippen LogP contribution in [0, 0.1) is 3.57 Å². The Balaban J connectivity index is 1.97. The van der Waals surface area contributed by atoms with Gasteiger partial charge in [-0.2, -0.15) is 0 Å². The molecule has 0 fully saturated rings. The molecular weight excluding hydrogens is 425 g/mol. The second kappa shape index (κ2) is 8.15. The number of hydrogen-bond donors (Lipinski definition) is 1. The molecule has 3 heteroatoms. The van der Waals surface area contributed by atoms with E-state index in [9.17, 15) is 0 Å². The Morgan fingerprint density at radius 2 is 1.90 bits per heavy atom. The molecule has 0 amide bonds. The number of rotatable bonds is 6. The molecule has 2 rings (SSSR count). The van der Waals surface area contributed by atoms with Gasteiger partial charge in [-0.25, -0.2) is 0 Å². The minimum atomic E-state index is 0.405.